The Morgan fingerprint density at radius 2 is 2.00 bits per heavy atom. The fraction of sp³-hybridized carbons (Fsp3) is 0.692. The summed E-state index contributed by atoms with van der Waals surface area (Å²) in [5.74, 6) is -0.108. The zero-order chi connectivity index (χ0) is 13.9. The van der Waals surface area contributed by atoms with Crippen LogP contribution in [0.15, 0.2) is 12.3 Å². The molecule has 6 heteroatoms. The number of aromatic nitrogens is 1. The van der Waals surface area contributed by atoms with Gasteiger partial charge in [-0.3, -0.25) is 4.55 Å². The molecule has 19 heavy (non-hydrogen) atoms. The molecule has 5 nitrogen and oxygen atoms in total. The molecule has 3 N–H and O–H groups in total. The molecule has 1 aromatic heterocycles. The minimum Gasteiger partial charge on any atom is -0.392 e. The molecule has 1 unspecified atom stereocenters. The quantitative estimate of drug-likeness (QED) is 0.721. The highest BCUT2D eigenvalue weighted by Crippen LogP contribution is 2.34. The lowest BCUT2D eigenvalue weighted by Crippen LogP contribution is -2.23. The largest absolute Gasteiger partial charge is 0.392 e. The zero-order valence-electron chi connectivity index (χ0n) is 10.9. The molecule has 0 aliphatic heterocycles. The van der Waals surface area contributed by atoms with Crippen LogP contribution in [0.2, 0.25) is 0 Å². The first kappa shape index (κ1) is 14.6. The van der Waals surface area contributed by atoms with Gasteiger partial charge in [0.2, 0.25) is 0 Å². The summed E-state index contributed by atoms with van der Waals surface area (Å²) in [7, 11) is -4.13. The van der Waals surface area contributed by atoms with Crippen LogP contribution in [0.4, 0.5) is 0 Å². The maximum Gasteiger partial charge on any atom is 0.267 e. The number of hydrogen-bond donors (Lipinski definition) is 3. The van der Waals surface area contributed by atoms with E-state index in [0.717, 1.165) is 18.5 Å². The molecule has 0 amide bonds. The third-order valence-corrected chi connectivity index (χ3v) is 4.56. The highest BCUT2D eigenvalue weighted by atomic mass is 32.2. The molecule has 1 aliphatic rings. The number of aliphatic hydroxyl groups excluding tert-OH is 1. The lowest BCUT2D eigenvalue weighted by atomic mass is 9.83. The van der Waals surface area contributed by atoms with E-state index in [4.69, 9.17) is 4.55 Å². The number of nitrogens with one attached hydrogen (secondary N) is 1. The molecule has 0 bridgehead atoms. The van der Waals surface area contributed by atoms with Gasteiger partial charge in [-0.05, 0) is 30.4 Å². The van der Waals surface area contributed by atoms with Crippen molar-refractivity contribution in [2.75, 3.05) is 5.75 Å². The molecule has 1 fully saturated rings. The first-order valence-corrected chi connectivity index (χ1v) is 8.36. The monoisotopic (exact) mass is 287 g/mol. The predicted molar refractivity (Wildman–Crippen MR) is 72.7 cm³/mol. The Bertz CT molecular complexity index is 502. The fourth-order valence-electron chi connectivity index (χ4n) is 2.93. The summed E-state index contributed by atoms with van der Waals surface area (Å²) in [6.45, 7) is 0. The Balaban J connectivity index is 2.02. The third-order valence-electron chi connectivity index (χ3n) is 3.76. The average Bonchev–Trinajstić information content (AvgIpc) is 2.75. The predicted octanol–water partition coefficient (Wildman–Crippen LogP) is 1.85. The van der Waals surface area contributed by atoms with Crippen molar-refractivity contribution < 1.29 is 18.1 Å². The van der Waals surface area contributed by atoms with Crippen LogP contribution in [0.3, 0.4) is 0 Å². The fourth-order valence-corrected chi connectivity index (χ4v) is 3.53. The van der Waals surface area contributed by atoms with Crippen LogP contribution in [0.5, 0.6) is 0 Å². The van der Waals surface area contributed by atoms with Gasteiger partial charge in [0.05, 0.1) is 6.10 Å². The Labute approximate surface area is 113 Å². The second kappa shape index (κ2) is 6.07. The van der Waals surface area contributed by atoms with Crippen LogP contribution in [-0.4, -0.2) is 34.9 Å². The van der Waals surface area contributed by atoms with Crippen molar-refractivity contribution in [3.05, 3.63) is 23.5 Å². The third kappa shape index (κ3) is 4.33. The molecule has 1 saturated carbocycles. The van der Waals surface area contributed by atoms with E-state index in [0.29, 0.717) is 5.92 Å². The molecule has 1 aromatic rings. The van der Waals surface area contributed by atoms with Gasteiger partial charge in [0.1, 0.15) is 5.75 Å². The van der Waals surface area contributed by atoms with E-state index >= 15 is 0 Å². The van der Waals surface area contributed by atoms with Gasteiger partial charge in [0, 0.05) is 18.3 Å². The van der Waals surface area contributed by atoms with E-state index in [1.165, 1.54) is 24.8 Å². The van der Waals surface area contributed by atoms with Gasteiger partial charge < -0.3 is 10.1 Å². The number of H-pyrrole nitrogens is 1. The van der Waals surface area contributed by atoms with Gasteiger partial charge in [-0.15, -0.1) is 0 Å². The lowest BCUT2D eigenvalue weighted by Gasteiger charge is -2.22. The van der Waals surface area contributed by atoms with Crippen molar-refractivity contribution in [3.8, 4) is 0 Å². The maximum absolute atomic E-state index is 10.7. The van der Waals surface area contributed by atoms with Crippen molar-refractivity contribution in [2.24, 2.45) is 0 Å². The Hall–Kier alpha value is -0.850. The van der Waals surface area contributed by atoms with Gasteiger partial charge in [0.15, 0.2) is 0 Å². The zero-order valence-corrected chi connectivity index (χ0v) is 11.7. The summed E-state index contributed by atoms with van der Waals surface area (Å²) in [4.78, 5) is 3.08. The standard InChI is InChI=1S/C13H21NO4S/c15-11(9-19(16,17)18)8-13-12(6-7-14-13)10-4-2-1-3-5-10/h6-7,10-11,14-15H,1-5,8-9H2,(H,16,17,18). The van der Waals surface area contributed by atoms with E-state index in [-0.39, 0.29) is 6.42 Å². The summed E-state index contributed by atoms with van der Waals surface area (Å²) in [6, 6.07) is 2.02. The van der Waals surface area contributed by atoms with Crippen LogP contribution in [-0.2, 0) is 16.5 Å². The second-order valence-corrected chi connectivity index (χ2v) is 6.85. The van der Waals surface area contributed by atoms with E-state index in [9.17, 15) is 13.5 Å². The number of aromatic amines is 1. The van der Waals surface area contributed by atoms with Gasteiger partial charge >= 0.3 is 0 Å². The number of aliphatic hydroxyl groups is 1. The molecule has 0 radical (unpaired) electrons. The molecule has 1 heterocycles. The molecule has 1 atom stereocenters. The first-order valence-electron chi connectivity index (χ1n) is 6.75. The van der Waals surface area contributed by atoms with Gasteiger partial charge in [-0.1, -0.05) is 19.3 Å². The Morgan fingerprint density at radius 3 is 2.63 bits per heavy atom. The van der Waals surface area contributed by atoms with Crippen molar-refractivity contribution in [1.82, 2.24) is 4.98 Å². The van der Waals surface area contributed by atoms with Crippen LogP contribution in [0, 0.1) is 0 Å². The number of rotatable bonds is 5. The Morgan fingerprint density at radius 1 is 1.32 bits per heavy atom. The topological polar surface area (TPSA) is 90.4 Å². The van der Waals surface area contributed by atoms with Gasteiger partial charge in [-0.25, -0.2) is 0 Å². The molecule has 2 rings (SSSR count). The molecule has 0 spiro atoms. The summed E-state index contributed by atoms with van der Waals surface area (Å²) in [5.41, 5.74) is 2.08. The molecule has 0 aromatic carbocycles. The van der Waals surface area contributed by atoms with Crippen LogP contribution in [0.1, 0.15) is 49.3 Å². The molecule has 1 aliphatic carbocycles. The number of hydrogen-bond acceptors (Lipinski definition) is 3. The highest BCUT2D eigenvalue weighted by molar-refractivity contribution is 7.85. The van der Waals surface area contributed by atoms with Gasteiger partial charge in [-0.2, -0.15) is 8.42 Å². The van der Waals surface area contributed by atoms with Crippen molar-refractivity contribution in [3.63, 3.8) is 0 Å². The molecular weight excluding hydrogens is 266 g/mol. The second-order valence-electron chi connectivity index (χ2n) is 5.35. The minimum absolute atomic E-state index is 0.235. The molecule has 0 saturated heterocycles. The summed E-state index contributed by atoms with van der Waals surface area (Å²) < 4.78 is 30.2. The molecule has 108 valence electrons. The van der Waals surface area contributed by atoms with E-state index in [1.54, 1.807) is 0 Å². The SMILES string of the molecule is O=S(=O)(O)CC(O)Cc1[nH]ccc1C1CCCCC1. The normalized spacial score (nSPS) is 19.5. The Kier molecular flexibility index (Phi) is 4.65. The van der Waals surface area contributed by atoms with E-state index in [2.05, 4.69) is 4.98 Å². The lowest BCUT2D eigenvalue weighted by molar-refractivity contribution is 0.193. The van der Waals surface area contributed by atoms with Gasteiger partial charge in [0.25, 0.3) is 10.1 Å². The summed E-state index contributed by atoms with van der Waals surface area (Å²) in [5, 5.41) is 9.72. The smallest absolute Gasteiger partial charge is 0.267 e. The van der Waals surface area contributed by atoms with Crippen molar-refractivity contribution in [2.45, 2.75) is 50.5 Å². The van der Waals surface area contributed by atoms with Crippen LogP contribution >= 0.6 is 0 Å². The highest BCUT2D eigenvalue weighted by Gasteiger charge is 2.22. The molecular formula is C13H21NO4S. The maximum atomic E-state index is 10.7. The summed E-state index contributed by atoms with van der Waals surface area (Å²) >= 11 is 0. The van der Waals surface area contributed by atoms with Crippen LogP contribution in [0.25, 0.3) is 0 Å². The first-order chi connectivity index (χ1) is 8.96. The average molecular weight is 287 g/mol. The van der Waals surface area contributed by atoms with E-state index < -0.39 is 22.0 Å². The van der Waals surface area contributed by atoms with E-state index in [1.807, 2.05) is 12.3 Å². The minimum atomic E-state index is -4.13. The summed E-state index contributed by atoms with van der Waals surface area (Å²) in [6.07, 6.45) is 7.03. The van der Waals surface area contributed by atoms with Crippen LogP contribution < -0.4 is 0 Å². The van der Waals surface area contributed by atoms with Crippen molar-refractivity contribution in [1.29, 1.82) is 0 Å². The van der Waals surface area contributed by atoms with Crippen molar-refractivity contribution >= 4 is 10.1 Å².